The molecular formula is C18H33NO5. The van der Waals surface area contributed by atoms with Gasteiger partial charge in [-0.25, -0.2) is 0 Å². The summed E-state index contributed by atoms with van der Waals surface area (Å²) in [5, 5.41) is 3.42. The van der Waals surface area contributed by atoms with Gasteiger partial charge in [0, 0.05) is 6.04 Å². The van der Waals surface area contributed by atoms with Crippen LogP contribution >= 0.6 is 0 Å². The molecule has 24 heavy (non-hydrogen) atoms. The van der Waals surface area contributed by atoms with Crippen LogP contribution in [0, 0.1) is 5.92 Å². The summed E-state index contributed by atoms with van der Waals surface area (Å²) < 4.78 is 15.3. The van der Waals surface area contributed by atoms with Crippen LogP contribution in [0.25, 0.3) is 0 Å². The quantitative estimate of drug-likeness (QED) is 0.610. The Kier molecular flexibility index (Phi) is 9.29. The van der Waals surface area contributed by atoms with Crippen molar-refractivity contribution in [3.63, 3.8) is 0 Å². The molecule has 1 N–H and O–H groups in total. The summed E-state index contributed by atoms with van der Waals surface area (Å²) in [6.07, 6.45) is 6.66. The second kappa shape index (κ2) is 10.7. The number of nitrogens with one attached hydrogen (secondary N) is 1. The van der Waals surface area contributed by atoms with Gasteiger partial charge in [0.25, 0.3) is 6.47 Å². The first-order valence-electron chi connectivity index (χ1n) is 8.90. The SMILES string of the molecule is CC(C)(C)OC=O.COC(=O)C1CCCC(OC[C@@H]2CCCN2)C1. The van der Waals surface area contributed by atoms with Gasteiger partial charge in [0.15, 0.2) is 0 Å². The normalized spacial score (nSPS) is 26.9. The third-order valence-electron chi connectivity index (χ3n) is 4.26. The van der Waals surface area contributed by atoms with Gasteiger partial charge in [0.05, 0.1) is 25.7 Å². The first-order valence-corrected chi connectivity index (χ1v) is 8.90. The zero-order valence-electron chi connectivity index (χ0n) is 15.5. The summed E-state index contributed by atoms with van der Waals surface area (Å²) in [6, 6.07) is 0.522. The predicted molar refractivity (Wildman–Crippen MR) is 91.6 cm³/mol. The van der Waals surface area contributed by atoms with E-state index in [0.29, 0.717) is 12.5 Å². The van der Waals surface area contributed by atoms with Crippen LogP contribution < -0.4 is 5.32 Å². The van der Waals surface area contributed by atoms with Crippen LogP contribution in [-0.2, 0) is 23.8 Å². The molecule has 6 heteroatoms. The summed E-state index contributed by atoms with van der Waals surface area (Å²) >= 11 is 0. The molecule has 6 nitrogen and oxygen atoms in total. The van der Waals surface area contributed by atoms with Crippen LogP contribution in [0.4, 0.5) is 0 Å². The molecule has 1 heterocycles. The highest BCUT2D eigenvalue weighted by Crippen LogP contribution is 2.27. The van der Waals surface area contributed by atoms with Gasteiger partial charge >= 0.3 is 5.97 Å². The molecule has 2 unspecified atom stereocenters. The van der Waals surface area contributed by atoms with E-state index < -0.39 is 0 Å². The van der Waals surface area contributed by atoms with Crippen LogP contribution in [0.1, 0.15) is 59.3 Å². The van der Waals surface area contributed by atoms with Crippen LogP contribution in [-0.4, -0.2) is 50.4 Å². The maximum absolute atomic E-state index is 11.5. The third kappa shape index (κ3) is 8.64. The van der Waals surface area contributed by atoms with Gasteiger partial charge < -0.3 is 19.5 Å². The minimum absolute atomic E-state index is 0.0512. The average molecular weight is 343 g/mol. The van der Waals surface area contributed by atoms with Crippen molar-refractivity contribution >= 4 is 12.4 Å². The van der Waals surface area contributed by atoms with Gasteiger partial charge in [0.2, 0.25) is 0 Å². The summed E-state index contributed by atoms with van der Waals surface area (Å²) in [4.78, 5) is 21.1. The van der Waals surface area contributed by atoms with Crippen LogP contribution in [0.15, 0.2) is 0 Å². The van der Waals surface area contributed by atoms with Gasteiger partial charge in [-0.1, -0.05) is 6.42 Å². The molecule has 2 fully saturated rings. The van der Waals surface area contributed by atoms with Crippen molar-refractivity contribution in [2.24, 2.45) is 5.92 Å². The fourth-order valence-electron chi connectivity index (χ4n) is 2.97. The molecule has 0 radical (unpaired) electrons. The minimum atomic E-state index is -0.318. The number of hydrogen-bond acceptors (Lipinski definition) is 6. The van der Waals surface area contributed by atoms with Crippen molar-refractivity contribution in [3.05, 3.63) is 0 Å². The topological polar surface area (TPSA) is 73.9 Å². The van der Waals surface area contributed by atoms with Crippen molar-refractivity contribution in [3.8, 4) is 0 Å². The standard InChI is InChI=1S/C13H23NO3.C5H10O2/c1-16-13(15)10-4-2-6-12(8-10)17-9-11-5-3-7-14-11;1-5(2,3)7-4-6/h10-12,14H,2-9H2,1H3;4H,1-3H3/t10?,11-,12?;/m0./s1. The number of carbonyl (C=O) groups is 2. The first kappa shape index (κ1) is 20.9. The van der Waals surface area contributed by atoms with E-state index in [-0.39, 0.29) is 23.6 Å². The van der Waals surface area contributed by atoms with Gasteiger partial charge in [-0.15, -0.1) is 0 Å². The number of methoxy groups -OCH3 is 1. The molecule has 1 saturated heterocycles. The van der Waals surface area contributed by atoms with Crippen molar-refractivity contribution in [1.82, 2.24) is 5.32 Å². The second-order valence-corrected chi connectivity index (χ2v) is 7.46. The fraction of sp³-hybridized carbons (Fsp3) is 0.889. The number of carbonyl (C=O) groups excluding carboxylic acids is 2. The molecule has 2 rings (SSSR count). The zero-order chi connectivity index (χ0) is 18.0. The zero-order valence-corrected chi connectivity index (χ0v) is 15.5. The Labute approximate surface area is 145 Å². The number of esters is 1. The number of ether oxygens (including phenoxy) is 3. The molecule has 0 bridgehead atoms. The van der Waals surface area contributed by atoms with E-state index in [1.807, 2.05) is 20.8 Å². The van der Waals surface area contributed by atoms with Gasteiger partial charge in [-0.3, -0.25) is 9.59 Å². The lowest BCUT2D eigenvalue weighted by Gasteiger charge is -2.28. The maximum Gasteiger partial charge on any atom is 0.308 e. The van der Waals surface area contributed by atoms with E-state index in [4.69, 9.17) is 9.47 Å². The Bertz CT molecular complexity index is 374. The minimum Gasteiger partial charge on any atom is -0.469 e. The molecule has 0 aromatic carbocycles. The van der Waals surface area contributed by atoms with E-state index >= 15 is 0 Å². The first-order chi connectivity index (χ1) is 11.4. The molecule has 0 aromatic rings. The molecule has 0 amide bonds. The molecule has 0 aromatic heterocycles. The smallest absolute Gasteiger partial charge is 0.308 e. The molecule has 1 aliphatic heterocycles. The summed E-state index contributed by atoms with van der Waals surface area (Å²) in [5.41, 5.74) is -0.318. The van der Waals surface area contributed by atoms with Crippen LogP contribution in [0.3, 0.4) is 0 Å². The molecule has 140 valence electrons. The highest BCUT2D eigenvalue weighted by atomic mass is 16.5. The van der Waals surface area contributed by atoms with Gasteiger partial charge in [-0.05, 0) is 59.4 Å². The molecule has 1 aliphatic carbocycles. The number of hydrogen-bond donors (Lipinski definition) is 1. The average Bonchev–Trinajstić information content (AvgIpc) is 3.05. The van der Waals surface area contributed by atoms with Gasteiger partial charge in [0.1, 0.15) is 5.60 Å². The van der Waals surface area contributed by atoms with Crippen molar-refractivity contribution in [1.29, 1.82) is 0 Å². The summed E-state index contributed by atoms with van der Waals surface area (Å²) in [5.74, 6) is -0.0208. The highest BCUT2D eigenvalue weighted by Gasteiger charge is 2.29. The number of rotatable bonds is 5. The van der Waals surface area contributed by atoms with Crippen LogP contribution in [0.2, 0.25) is 0 Å². The third-order valence-corrected chi connectivity index (χ3v) is 4.26. The second-order valence-electron chi connectivity index (χ2n) is 7.46. The Morgan fingerprint density at radius 1 is 1.21 bits per heavy atom. The Morgan fingerprint density at radius 2 is 1.96 bits per heavy atom. The Balaban J connectivity index is 0.000000351. The maximum atomic E-state index is 11.5. The summed E-state index contributed by atoms with van der Waals surface area (Å²) in [7, 11) is 1.47. The molecule has 0 spiro atoms. The lowest BCUT2D eigenvalue weighted by atomic mass is 9.87. The van der Waals surface area contributed by atoms with E-state index in [0.717, 1.165) is 38.8 Å². The molecular weight excluding hydrogens is 310 g/mol. The fourth-order valence-corrected chi connectivity index (χ4v) is 2.97. The van der Waals surface area contributed by atoms with Crippen molar-refractivity contribution < 1.29 is 23.8 Å². The lowest BCUT2D eigenvalue weighted by molar-refractivity contribution is -0.148. The largest absolute Gasteiger partial charge is 0.469 e. The summed E-state index contributed by atoms with van der Waals surface area (Å²) in [6.45, 7) is 7.83. The van der Waals surface area contributed by atoms with Crippen LogP contribution in [0.5, 0.6) is 0 Å². The van der Waals surface area contributed by atoms with Crippen molar-refractivity contribution in [2.45, 2.75) is 77.0 Å². The molecule has 3 atom stereocenters. The van der Waals surface area contributed by atoms with Gasteiger partial charge in [-0.2, -0.15) is 0 Å². The van der Waals surface area contributed by atoms with E-state index in [1.54, 1.807) is 0 Å². The highest BCUT2D eigenvalue weighted by molar-refractivity contribution is 5.72. The predicted octanol–water partition coefficient (Wildman–Crippen LogP) is 2.44. The Morgan fingerprint density at radius 3 is 2.46 bits per heavy atom. The van der Waals surface area contributed by atoms with E-state index in [2.05, 4.69) is 10.1 Å². The monoisotopic (exact) mass is 343 g/mol. The Hall–Kier alpha value is -1.14. The molecule has 1 saturated carbocycles. The van der Waals surface area contributed by atoms with E-state index in [1.165, 1.54) is 20.0 Å². The van der Waals surface area contributed by atoms with E-state index in [9.17, 15) is 9.59 Å². The molecule has 2 aliphatic rings. The van der Waals surface area contributed by atoms with Crippen molar-refractivity contribution in [2.75, 3.05) is 20.3 Å². The lowest BCUT2D eigenvalue weighted by Crippen LogP contribution is -2.33.